The predicted octanol–water partition coefficient (Wildman–Crippen LogP) is 2.72. The summed E-state index contributed by atoms with van der Waals surface area (Å²) in [7, 11) is -0.355. The summed E-state index contributed by atoms with van der Waals surface area (Å²) in [6, 6.07) is 0. The SMILES string of the molecule is CCN(C=NC(C)(C)C)B1OC(C)(C)C(C)(C)O1. The van der Waals surface area contributed by atoms with E-state index in [4.69, 9.17) is 9.31 Å². The Morgan fingerprint density at radius 2 is 1.56 bits per heavy atom. The normalized spacial score (nSPS) is 22.8. The van der Waals surface area contributed by atoms with Gasteiger partial charge in [-0.2, -0.15) is 0 Å². The Hall–Kier alpha value is -0.545. The standard InChI is InChI=1S/C13H27BN2O2/c1-9-16(10-15-11(2,3)4)14-17-12(5,6)13(7,8)18-14/h10H,9H2,1-8H3. The van der Waals surface area contributed by atoms with Crippen LogP contribution in [0.2, 0.25) is 0 Å². The van der Waals surface area contributed by atoms with Gasteiger partial charge in [0.15, 0.2) is 0 Å². The van der Waals surface area contributed by atoms with Crippen molar-refractivity contribution in [2.45, 2.75) is 72.1 Å². The summed E-state index contributed by atoms with van der Waals surface area (Å²) in [5, 5.41) is 0. The van der Waals surface area contributed by atoms with E-state index in [0.717, 1.165) is 6.54 Å². The highest BCUT2D eigenvalue weighted by atomic mass is 16.7. The second-order valence-electron chi connectivity index (χ2n) is 6.81. The summed E-state index contributed by atoms with van der Waals surface area (Å²) in [5.41, 5.74) is -0.696. The molecule has 0 saturated carbocycles. The van der Waals surface area contributed by atoms with Crippen LogP contribution < -0.4 is 0 Å². The van der Waals surface area contributed by atoms with Crippen LogP contribution in [0.25, 0.3) is 0 Å². The highest BCUT2D eigenvalue weighted by molar-refractivity contribution is 6.45. The fourth-order valence-corrected chi connectivity index (χ4v) is 1.48. The lowest BCUT2D eigenvalue weighted by Crippen LogP contribution is -2.41. The van der Waals surface area contributed by atoms with E-state index in [0.29, 0.717) is 0 Å². The van der Waals surface area contributed by atoms with Crippen molar-refractivity contribution in [3.05, 3.63) is 0 Å². The quantitative estimate of drug-likeness (QED) is 0.441. The Balaban J connectivity index is 2.78. The molecule has 0 amide bonds. The first-order valence-corrected chi connectivity index (χ1v) is 6.65. The van der Waals surface area contributed by atoms with Gasteiger partial charge in [-0.1, -0.05) is 0 Å². The minimum Gasteiger partial charge on any atom is -0.384 e. The van der Waals surface area contributed by atoms with Crippen molar-refractivity contribution in [1.82, 2.24) is 4.81 Å². The topological polar surface area (TPSA) is 34.1 Å². The van der Waals surface area contributed by atoms with Gasteiger partial charge in [0.1, 0.15) is 0 Å². The van der Waals surface area contributed by atoms with Crippen molar-refractivity contribution < 1.29 is 9.31 Å². The van der Waals surface area contributed by atoms with Gasteiger partial charge in [0, 0.05) is 6.54 Å². The van der Waals surface area contributed by atoms with E-state index < -0.39 is 0 Å². The minimum atomic E-state index is -0.355. The minimum absolute atomic E-state index is 0.0863. The lowest BCUT2D eigenvalue weighted by atomic mass is 9.90. The van der Waals surface area contributed by atoms with Crippen molar-refractivity contribution in [2.24, 2.45) is 4.99 Å². The zero-order valence-electron chi connectivity index (χ0n) is 13.1. The third-order valence-electron chi connectivity index (χ3n) is 3.47. The summed E-state index contributed by atoms with van der Waals surface area (Å²) in [4.78, 5) is 6.50. The number of hydrogen-bond donors (Lipinski definition) is 0. The third-order valence-corrected chi connectivity index (χ3v) is 3.47. The maximum absolute atomic E-state index is 5.99. The number of rotatable bonds is 3. The molecule has 0 aromatic carbocycles. The molecule has 0 atom stereocenters. The lowest BCUT2D eigenvalue weighted by molar-refractivity contribution is 0.00578. The Labute approximate surface area is 112 Å². The summed E-state index contributed by atoms with van der Waals surface area (Å²) in [5.74, 6) is 0. The van der Waals surface area contributed by atoms with Gasteiger partial charge in [-0.25, -0.2) is 0 Å². The molecule has 0 bridgehead atoms. The number of hydrogen-bond acceptors (Lipinski definition) is 3. The van der Waals surface area contributed by atoms with E-state index in [1.807, 2.05) is 11.1 Å². The van der Waals surface area contributed by atoms with Crippen LogP contribution in [0.3, 0.4) is 0 Å². The maximum Gasteiger partial charge on any atom is 0.594 e. The van der Waals surface area contributed by atoms with Crippen molar-refractivity contribution in [3.63, 3.8) is 0 Å². The molecule has 4 nitrogen and oxygen atoms in total. The second kappa shape index (κ2) is 4.85. The smallest absolute Gasteiger partial charge is 0.384 e. The van der Waals surface area contributed by atoms with Crippen LogP contribution in [-0.4, -0.2) is 41.7 Å². The van der Waals surface area contributed by atoms with Crippen LogP contribution in [-0.2, 0) is 9.31 Å². The molecule has 0 spiro atoms. The Bertz CT molecular complexity index is 305. The van der Waals surface area contributed by atoms with Gasteiger partial charge in [0.05, 0.1) is 23.1 Å². The molecule has 0 aliphatic carbocycles. The monoisotopic (exact) mass is 254 g/mol. The molecular formula is C13H27BN2O2. The first kappa shape index (κ1) is 15.5. The maximum atomic E-state index is 5.99. The van der Waals surface area contributed by atoms with Crippen molar-refractivity contribution in [1.29, 1.82) is 0 Å². The van der Waals surface area contributed by atoms with Gasteiger partial charge in [-0.15, -0.1) is 0 Å². The molecule has 1 heterocycles. The van der Waals surface area contributed by atoms with E-state index in [9.17, 15) is 0 Å². The molecule has 0 N–H and O–H groups in total. The number of aliphatic imine (C=N–C) groups is 1. The Morgan fingerprint density at radius 1 is 1.11 bits per heavy atom. The van der Waals surface area contributed by atoms with Gasteiger partial charge in [-0.05, 0) is 55.4 Å². The summed E-state index contributed by atoms with van der Waals surface area (Å²) in [6.45, 7) is 17.3. The van der Waals surface area contributed by atoms with E-state index in [2.05, 4.69) is 60.4 Å². The van der Waals surface area contributed by atoms with Gasteiger partial charge < -0.3 is 14.1 Å². The second-order valence-corrected chi connectivity index (χ2v) is 6.81. The van der Waals surface area contributed by atoms with E-state index in [1.165, 1.54) is 0 Å². The van der Waals surface area contributed by atoms with Crippen LogP contribution in [0.1, 0.15) is 55.4 Å². The summed E-state index contributed by atoms with van der Waals surface area (Å²) >= 11 is 0. The summed E-state index contributed by atoms with van der Waals surface area (Å²) < 4.78 is 12.0. The molecule has 104 valence electrons. The predicted molar refractivity (Wildman–Crippen MR) is 76.7 cm³/mol. The first-order valence-electron chi connectivity index (χ1n) is 6.65. The Kier molecular flexibility index (Phi) is 4.18. The molecule has 1 aliphatic rings. The average Bonchev–Trinajstić information content (AvgIpc) is 2.35. The first-order chi connectivity index (χ1) is 7.98. The molecule has 1 fully saturated rings. The molecule has 1 saturated heterocycles. The zero-order valence-corrected chi connectivity index (χ0v) is 13.1. The van der Waals surface area contributed by atoms with E-state index in [-0.39, 0.29) is 24.0 Å². The molecule has 1 aliphatic heterocycles. The molecular weight excluding hydrogens is 227 g/mol. The van der Waals surface area contributed by atoms with Crippen LogP contribution in [0.4, 0.5) is 0 Å². The molecule has 0 unspecified atom stereocenters. The van der Waals surface area contributed by atoms with Crippen LogP contribution in [0.15, 0.2) is 4.99 Å². The van der Waals surface area contributed by atoms with E-state index in [1.54, 1.807) is 0 Å². The molecule has 1 rings (SSSR count). The van der Waals surface area contributed by atoms with Gasteiger partial charge in [0.25, 0.3) is 0 Å². The fraction of sp³-hybridized carbons (Fsp3) is 0.923. The van der Waals surface area contributed by atoms with Gasteiger partial charge >= 0.3 is 7.25 Å². The van der Waals surface area contributed by atoms with Gasteiger partial charge in [-0.3, -0.25) is 4.99 Å². The van der Waals surface area contributed by atoms with Crippen molar-refractivity contribution in [3.8, 4) is 0 Å². The largest absolute Gasteiger partial charge is 0.594 e. The zero-order chi connectivity index (χ0) is 14.2. The van der Waals surface area contributed by atoms with Crippen molar-refractivity contribution in [2.75, 3.05) is 6.54 Å². The van der Waals surface area contributed by atoms with Gasteiger partial charge in [0.2, 0.25) is 0 Å². The fourth-order valence-electron chi connectivity index (χ4n) is 1.48. The summed E-state index contributed by atoms with van der Waals surface area (Å²) in [6.07, 6.45) is 1.84. The highest BCUT2D eigenvalue weighted by Gasteiger charge is 2.53. The average molecular weight is 254 g/mol. The van der Waals surface area contributed by atoms with Crippen molar-refractivity contribution >= 4 is 13.6 Å². The molecule has 0 aromatic heterocycles. The van der Waals surface area contributed by atoms with Crippen LogP contribution in [0.5, 0.6) is 0 Å². The number of nitrogens with zero attached hydrogens (tertiary/aromatic N) is 2. The third kappa shape index (κ3) is 3.48. The Morgan fingerprint density at radius 3 is 1.89 bits per heavy atom. The van der Waals surface area contributed by atoms with E-state index >= 15 is 0 Å². The van der Waals surface area contributed by atoms with Crippen LogP contribution >= 0.6 is 0 Å². The van der Waals surface area contributed by atoms with Crippen LogP contribution in [0, 0.1) is 0 Å². The molecule has 0 aromatic rings. The highest BCUT2D eigenvalue weighted by Crippen LogP contribution is 2.37. The molecule has 18 heavy (non-hydrogen) atoms. The molecule has 5 heteroatoms. The molecule has 0 radical (unpaired) electrons. The lowest BCUT2D eigenvalue weighted by Gasteiger charge is -2.32.